The Hall–Kier alpha value is -2.28. The smallest absolute Gasteiger partial charge is 0.231 e. The van der Waals surface area contributed by atoms with Crippen LogP contribution in [0.2, 0.25) is 0 Å². The molecule has 0 amide bonds. The normalized spacial score (nSPS) is 15.0. The number of aromatic nitrogens is 3. The predicted molar refractivity (Wildman–Crippen MR) is 94.2 cm³/mol. The van der Waals surface area contributed by atoms with Gasteiger partial charge in [-0.25, -0.2) is 9.50 Å². The van der Waals surface area contributed by atoms with Crippen LogP contribution in [-0.4, -0.2) is 21.4 Å². The third kappa shape index (κ3) is 2.69. The molecule has 1 aromatic carbocycles. The number of benzene rings is 1. The van der Waals surface area contributed by atoms with Gasteiger partial charge in [-0.1, -0.05) is 38.2 Å². The Morgan fingerprint density at radius 2 is 2.04 bits per heavy atom. The van der Waals surface area contributed by atoms with Crippen molar-refractivity contribution in [2.24, 2.45) is 0 Å². The fourth-order valence-electron chi connectivity index (χ4n) is 2.57. The molecule has 2 aromatic heterocycles. The average molecular weight is 344 g/mol. The van der Waals surface area contributed by atoms with Crippen LogP contribution < -0.4 is 14.8 Å². The van der Waals surface area contributed by atoms with Crippen molar-refractivity contribution in [3.05, 3.63) is 35.7 Å². The molecule has 1 aliphatic rings. The van der Waals surface area contributed by atoms with Gasteiger partial charge in [-0.05, 0) is 24.6 Å². The summed E-state index contributed by atoms with van der Waals surface area (Å²) < 4.78 is 12.6. The molecule has 0 spiro atoms. The molecule has 6 nitrogen and oxygen atoms in total. The molecule has 3 heterocycles. The number of ether oxygens (including phenoxy) is 2. The SMILES string of the molecule is C[C@H](Nc1nn2cc(C(C)(C)C)nc2s1)c1ccc2c(c1)OCO2. The van der Waals surface area contributed by atoms with Gasteiger partial charge in [-0.15, -0.1) is 5.10 Å². The molecule has 126 valence electrons. The van der Waals surface area contributed by atoms with Crippen molar-refractivity contribution in [2.75, 3.05) is 12.1 Å². The van der Waals surface area contributed by atoms with E-state index in [2.05, 4.69) is 43.1 Å². The van der Waals surface area contributed by atoms with E-state index in [1.165, 1.54) is 0 Å². The summed E-state index contributed by atoms with van der Waals surface area (Å²) >= 11 is 1.56. The van der Waals surface area contributed by atoms with Gasteiger partial charge in [0.05, 0.1) is 17.9 Å². The van der Waals surface area contributed by atoms with Crippen molar-refractivity contribution in [2.45, 2.75) is 39.2 Å². The molecule has 1 atom stereocenters. The second-order valence-electron chi connectivity index (χ2n) is 6.99. The van der Waals surface area contributed by atoms with Crippen LogP contribution in [0.4, 0.5) is 5.13 Å². The fourth-order valence-corrected chi connectivity index (χ4v) is 3.44. The van der Waals surface area contributed by atoms with Crippen LogP contribution in [0.1, 0.15) is 45.0 Å². The largest absolute Gasteiger partial charge is 0.454 e. The van der Waals surface area contributed by atoms with Crippen molar-refractivity contribution in [1.29, 1.82) is 0 Å². The highest BCUT2D eigenvalue weighted by Crippen LogP contribution is 2.35. The highest BCUT2D eigenvalue weighted by Gasteiger charge is 2.20. The maximum atomic E-state index is 5.44. The quantitative estimate of drug-likeness (QED) is 0.778. The molecule has 0 fully saturated rings. The minimum Gasteiger partial charge on any atom is -0.454 e. The molecule has 0 radical (unpaired) electrons. The topological polar surface area (TPSA) is 60.7 Å². The Morgan fingerprint density at radius 3 is 2.79 bits per heavy atom. The summed E-state index contributed by atoms with van der Waals surface area (Å²) in [7, 11) is 0. The molecule has 1 N–H and O–H groups in total. The van der Waals surface area contributed by atoms with Gasteiger partial charge in [0.2, 0.25) is 16.9 Å². The Morgan fingerprint density at radius 1 is 1.25 bits per heavy atom. The van der Waals surface area contributed by atoms with Crippen molar-refractivity contribution in [1.82, 2.24) is 14.6 Å². The van der Waals surface area contributed by atoms with E-state index in [1.807, 2.05) is 28.9 Å². The number of anilines is 1. The molecule has 1 aliphatic heterocycles. The standard InChI is InChI=1S/C17H20N4O2S/c1-10(11-5-6-12-13(7-11)23-9-22-12)18-15-20-21-8-14(17(2,3)4)19-16(21)24-15/h5-8,10H,9H2,1-4H3,(H,18,20)/t10-/m0/s1. The number of hydrogen-bond acceptors (Lipinski definition) is 6. The van der Waals surface area contributed by atoms with Crippen LogP contribution >= 0.6 is 11.3 Å². The molecule has 0 bridgehead atoms. The molecule has 0 aliphatic carbocycles. The number of nitrogens with zero attached hydrogens (tertiary/aromatic N) is 3. The highest BCUT2D eigenvalue weighted by molar-refractivity contribution is 7.20. The molecule has 4 rings (SSSR count). The lowest BCUT2D eigenvalue weighted by Gasteiger charge is -2.14. The van der Waals surface area contributed by atoms with E-state index in [9.17, 15) is 0 Å². The number of hydrogen-bond donors (Lipinski definition) is 1. The van der Waals surface area contributed by atoms with Gasteiger partial charge in [-0.2, -0.15) is 0 Å². The van der Waals surface area contributed by atoms with Crippen molar-refractivity contribution in [3.63, 3.8) is 0 Å². The van der Waals surface area contributed by atoms with E-state index in [0.29, 0.717) is 6.79 Å². The zero-order valence-electron chi connectivity index (χ0n) is 14.2. The van der Waals surface area contributed by atoms with Gasteiger partial charge in [0.25, 0.3) is 0 Å². The van der Waals surface area contributed by atoms with E-state index in [-0.39, 0.29) is 11.5 Å². The minimum absolute atomic E-state index is 0.0286. The lowest BCUT2D eigenvalue weighted by molar-refractivity contribution is 0.174. The maximum Gasteiger partial charge on any atom is 0.231 e. The average Bonchev–Trinajstić information content (AvgIpc) is 3.18. The summed E-state index contributed by atoms with van der Waals surface area (Å²) in [4.78, 5) is 5.58. The molecular weight excluding hydrogens is 324 g/mol. The monoisotopic (exact) mass is 344 g/mol. The van der Waals surface area contributed by atoms with Crippen LogP contribution in [0.5, 0.6) is 11.5 Å². The minimum atomic E-state index is 0.0286. The molecule has 0 saturated carbocycles. The van der Waals surface area contributed by atoms with Gasteiger partial charge in [0.15, 0.2) is 11.5 Å². The summed E-state index contributed by atoms with van der Waals surface area (Å²) in [5, 5.41) is 8.87. The van der Waals surface area contributed by atoms with Crippen molar-refractivity contribution < 1.29 is 9.47 Å². The lowest BCUT2D eigenvalue weighted by Crippen LogP contribution is -2.11. The van der Waals surface area contributed by atoms with Crippen LogP contribution in [0.15, 0.2) is 24.4 Å². The lowest BCUT2D eigenvalue weighted by atomic mass is 9.93. The third-order valence-corrected chi connectivity index (χ3v) is 4.90. The summed E-state index contributed by atoms with van der Waals surface area (Å²) in [6.07, 6.45) is 2.00. The van der Waals surface area contributed by atoms with Gasteiger partial charge < -0.3 is 14.8 Å². The molecule has 24 heavy (non-hydrogen) atoms. The Kier molecular flexibility index (Phi) is 3.42. The van der Waals surface area contributed by atoms with E-state index in [1.54, 1.807) is 11.3 Å². The first-order valence-corrected chi connectivity index (χ1v) is 8.74. The Balaban J connectivity index is 1.54. The van der Waals surface area contributed by atoms with Crippen LogP contribution in [0.3, 0.4) is 0 Å². The van der Waals surface area contributed by atoms with E-state index >= 15 is 0 Å². The van der Waals surface area contributed by atoms with Gasteiger partial charge in [-0.3, -0.25) is 0 Å². The summed E-state index contributed by atoms with van der Waals surface area (Å²) in [5.74, 6) is 1.60. The number of fused-ring (bicyclic) bond motifs is 2. The molecular formula is C17H20N4O2S. The molecule has 0 saturated heterocycles. The number of imidazole rings is 1. The van der Waals surface area contributed by atoms with Crippen LogP contribution in [-0.2, 0) is 5.41 Å². The number of nitrogens with one attached hydrogen (secondary N) is 1. The van der Waals surface area contributed by atoms with Gasteiger partial charge in [0.1, 0.15) is 0 Å². The third-order valence-electron chi connectivity index (χ3n) is 4.05. The van der Waals surface area contributed by atoms with Crippen LogP contribution in [0, 0.1) is 0 Å². The maximum absolute atomic E-state index is 5.44. The summed E-state index contributed by atoms with van der Waals surface area (Å²) in [6.45, 7) is 8.85. The molecule has 0 unspecified atom stereocenters. The Bertz CT molecular complexity index is 862. The van der Waals surface area contributed by atoms with Crippen molar-refractivity contribution >= 4 is 21.4 Å². The number of rotatable bonds is 3. The first-order chi connectivity index (χ1) is 11.4. The molecule has 7 heteroatoms. The van der Waals surface area contributed by atoms with E-state index < -0.39 is 0 Å². The fraction of sp³-hybridized carbons (Fsp3) is 0.412. The summed E-state index contributed by atoms with van der Waals surface area (Å²) in [5.41, 5.74) is 2.21. The highest BCUT2D eigenvalue weighted by atomic mass is 32.1. The van der Waals surface area contributed by atoms with Gasteiger partial charge >= 0.3 is 0 Å². The zero-order chi connectivity index (χ0) is 16.9. The van der Waals surface area contributed by atoms with E-state index in [4.69, 9.17) is 9.47 Å². The Labute approximate surface area is 144 Å². The first-order valence-electron chi connectivity index (χ1n) is 7.93. The van der Waals surface area contributed by atoms with E-state index in [0.717, 1.165) is 32.8 Å². The summed E-state index contributed by atoms with van der Waals surface area (Å²) in [6, 6.07) is 6.11. The van der Waals surface area contributed by atoms with Crippen LogP contribution in [0.25, 0.3) is 4.96 Å². The second kappa shape index (κ2) is 5.37. The zero-order valence-corrected chi connectivity index (χ0v) is 15.0. The first kappa shape index (κ1) is 15.3. The predicted octanol–water partition coefficient (Wildman–Crippen LogP) is 3.99. The van der Waals surface area contributed by atoms with Crippen molar-refractivity contribution in [3.8, 4) is 11.5 Å². The van der Waals surface area contributed by atoms with Gasteiger partial charge in [0, 0.05) is 5.41 Å². The molecule has 3 aromatic rings. The second-order valence-corrected chi connectivity index (χ2v) is 7.95.